The van der Waals surface area contributed by atoms with Crippen LogP contribution < -0.4 is 10.6 Å². The largest absolute Gasteiger partial charge is 0.490 e. The average molecular weight is 561 g/mol. The lowest BCUT2D eigenvalue weighted by Gasteiger charge is -2.23. The summed E-state index contributed by atoms with van der Waals surface area (Å²) in [5, 5.41) is 12.0. The Morgan fingerprint density at radius 1 is 1.03 bits per heavy atom. The van der Waals surface area contributed by atoms with Gasteiger partial charge in [0.1, 0.15) is 24.3 Å². The number of carbonyl (C=O) groups is 5. The quantitative estimate of drug-likeness (QED) is 0.222. The summed E-state index contributed by atoms with van der Waals surface area (Å²) in [7, 11) is 0. The lowest BCUT2D eigenvalue weighted by Crippen LogP contribution is -2.51. The van der Waals surface area contributed by atoms with E-state index in [0.29, 0.717) is 0 Å². The Balaban J connectivity index is 0.00000181. The van der Waals surface area contributed by atoms with Gasteiger partial charge < -0.3 is 30.0 Å². The molecule has 3 N–H and O–H groups in total. The van der Waals surface area contributed by atoms with Gasteiger partial charge in [0.2, 0.25) is 5.91 Å². The maximum atomic E-state index is 12.4. The molecule has 0 aromatic heterocycles. The van der Waals surface area contributed by atoms with Crippen LogP contribution in [0.5, 0.6) is 0 Å². The smallest absolute Gasteiger partial charge is 0.475 e. The van der Waals surface area contributed by atoms with Crippen molar-refractivity contribution in [3.8, 4) is 12.3 Å². The topological polar surface area (TPSA) is 157 Å². The molecular weight excluding hydrogens is 529 g/mol. The van der Waals surface area contributed by atoms with E-state index in [4.69, 9.17) is 30.5 Å². The molecule has 2 atom stereocenters. The molecule has 0 aliphatic rings. The van der Waals surface area contributed by atoms with Gasteiger partial charge in [-0.25, -0.2) is 14.4 Å². The molecule has 11 nitrogen and oxygen atoms in total. The number of ether oxygens (including phenoxy) is 3. The van der Waals surface area contributed by atoms with Gasteiger partial charge in [0.25, 0.3) is 0 Å². The Bertz CT molecular complexity index is 1020. The van der Waals surface area contributed by atoms with Crippen LogP contribution in [-0.2, 0) is 40.0 Å². The number of aliphatic carboxylic acids is 1. The second-order valence-electron chi connectivity index (χ2n) is 8.73. The number of halogens is 3. The number of hydrogen-bond acceptors (Lipinski definition) is 8. The predicted molar refractivity (Wildman–Crippen MR) is 130 cm³/mol. The fourth-order valence-corrected chi connectivity index (χ4v) is 2.38. The Kier molecular flexibility index (Phi) is 14.7. The van der Waals surface area contributed by atoms with E-state index < -0.39 is 53.8 Å². The molecule has 1 rings (SSSR count). The van der Waals surface area contributed by atoms with E-state index in [2.05, 4.69) is 16.6 Å². The lowest BCUT2D eigenvalue weighted by molar-refractivity contribution is -0.192. The fourth-order valence-electron chi connectivity index (χ4n) is 2.38. The minimum atomic E-state index is -5.08. The Hall–Kier alpha value is -4.28. The number of carbonyl (C=O) groups excluding carboxylic acids is 4. The summed E-state index contributed by atoms with van der Waals surface area (Å²) in [6.45, 7) is 6.30. The second kappa shape index (κ2) is 16.5. The molecule has 0 saturated carbocycles. The van der Waals surface area contributed by atoms with Crippen LogP contribution in [-0.4, -0.2) is 65.5 Å². The summed E-state index contributed by atoms with van der Waals surface area (Å²) >= 11 is 0. The molecule has 1 aromatic rings. The third-order valence-corrected chi connectivity index (χ3v) is 4.15. The molecule has 0 heterocycles. The molecular formula is C25H31F3N2O9. The summed E-state index contributed by atoms with van der Waals surface area (Å²) < 4.78 is 46.9. The summed E-state index contributed by atoms with van der Waals surface area (Å²) in [4.78, 5) is 57.5. The van der Waals surface area contributed by atoms with Gasteiger partial charge in [-0.05, 0) is 39.7 Å². The molecule has 0 radical (unpaired) electrons. The van der Waals surface area contributed by atoms with Crippen LogP contribution in [0, 0.1) is 12.3 Å². The highest BCUT2D eigenvalue weighted by Crippen LogP contribution is 2.13. The van der Waals surface area contributed by atoms with Crippen molar-refractivity contribution in [2.75, 3.05) is 6.61 Å². The first-order chi connectivity index (χ1) is 18.0. The van der Waals surface area contributed by atoms with E-state index in [-0.39, 0.29) is 26.1 Å². The van der Waals surface area contributed by atoms with E-state index in [1.165, 1.54) is 6.92 Å². The highest BCUT2D eigenvalue weighted by Gasteiger charge is 2.38. The molecule has 0 aliphatic heterocycles. The normalized spacial score (nSPS) is 12.3. The number of hydrogen-bond donors (Lipinski definition) is 3. The van der Waals surface area contributed by atoms with E-state index in [9.17, 15) is 32.3 Å². The van der Waals surface area contributed by atoms with Crippen molar-refractivity contribution in [2.45, 2.75) is 71.0 Å². The SMILES string of the molecule is C#CCOC(=O)[C@@H](CCC(=O)OCc1ccccc1)NC(=O)[C@H](C)NC(=O)OC(C)(C)C.O=C(O)C(F)(F)F. The van der Waals surface area contributed by atoms with Crippen LogP contribution in [0.3, 0.4) is 0 Å². The molecule has 216 valence electrons. The summed E-state index contributed by atoms with van der Waals surface area (Å²) in [5.74, 6) is -2.59. The zero-order valence-electron chi connectivity index (χ0n) is 21.8. The van der Waals surface area contributed by atoms with Crippen molar-refractivity contribution >= 4 is 29.9 Å². The Labute approximate surface area is 223 Å². The third-order valence-electron chi connectivity index (χ3n) is 4.15. The number of amides is 2. The highest BCUT2D eigenvalue weighted by molar-refractivity contribution is 5.89. The molecule has 0 saturated heterocycles. The molecule has 0 spiro atoms. The van der Waals surface area contributed by atoms with Gasteiger partial charge in [0, 0.05) is 6.42 Å². The van der Waals surface area contributed by atoms with Crippen molar-refractivity contribution in [3.63, 3.8) is 0 Å². The molecule has 0 bridgehead atoms. The Morgan fingerprint density at radius 2 is 1.59 bits per heavy atom. The van der Waals surface area contributed by atoms with E-state index in [1.807, 2.05) is 30.3 Å². The number of carboxylic acids is 1. The third kappa shape index (κ3) is 17.0. The van der Waals surface area contributed by atoms with Gasteiger partial charge in [-0.3, -0.25) is 9.59 Å². The number of carboxylic acid groups (broad SMARTS) is 1. The number of nitrogens with one attached hydrogen (secondary N) is 2. The lowest BCUT2D eigenvalue weighted by atomic mass is 10.1. The van der Waals surface area contributed by atoms with Crippen LogP contribution >= 0.6 is 0 Å². The molecule has 39 heavy (non-hydrogen) atoms. The molecule has 0 fully saturated rings. The van der Waals surface area contributed by atoms with Gasteiger partial charge >= 0.3 is 30.2 Å². The number of esters is 2. The van der Waals surface area contributed by atoms with Crippen LogP contribution in [0.2, 0.25) is 0 Å². The van der Waals surface area contributed by atoms with Gasteiger partial charge in [-0.15, -0.1) is 6.42 Å². The van der Waals surface area contributed by atoms with Crippen molar-refractivity contribution in [2.24, 2.45) is 0 Å². The monoisotopic (exact) mass is 560 g/mol. The van der Waals surface area contributed by atoms with Gasteiger partial charge in [-0.1, -0.05) is 36.3 Å². The fraction of sp³-hybridized carbons (Fsp3) is 0.480. The zero-order valence-corrected chi connectivity index (χ0v) is 21.8. The van der Waals surface area contributed by atoms with Gasteiger partial charge in [-0.2, -0.15) is 13.2 Å². The van der Waals surface area contributed by atoms with Crippen LogP contribution in [0.4, 0.5) is 18.0 Å². The van der Waals surface area contributed by atoms with Crippen molar-refractivity contribution in [3.05, 3.63) is 35.9 Å². The maximum Gasteiger partial charge on any atom is 0.490 e. The van der Waals surface area contributed by atoms with E-state index in [0.717, 1.165) is 5.56 Å². The van der Waals surface area contributed by atoms with Crippen LogP contribution in [0.15, 0.2) is 30.3 Å². The highest BCUT2D eigenvalue weighted by atomic mass is 19.4. The molecule has 0 unspecified atom stereocenters. The summed E-state index contributed by atoms with van der Waals surface area (Å²) in [5.41, 5.74) is 0.0864. The van der Waals surface area contributed by atoms with E-state index >= 15 is 0 Å². The van der Waals surface area contributed by atoms with Gasteiger partial charge in [0.15, 0.2) is 6.61 Å². The molecule has 1 aromatic carbocycles. The maximum absolute atomic E-state index is 12.4. The standard InChI is InChI=1S/C23H30N2O7.C2HF3O2/c1-6-14-30-21(28)18(12-13-19(26)31-15-17-10-8-7-9-11-17)25-20(27)16(2)24-22(29)32-23(3,4)5;3-2(4,5)1(6)7/h1,7-11,16,18H,12-15H2,2-5H3,(H,24,29)(H,25,27);(H,6,7)/t16-,18+;/m0./s1. The average Bonchev–Trinajstić information content (AvgIpc) is 2.82. The number of terminal acetylenes is 1. The Morgan fingerprint density at radius 3 is 2.08 bits per heavy atom. The van der Waals surface area contributed by atoms with Gasteiger partial charge in [0.05, 0.1) is 0 Å². The van der Waals surface area contributed by atoms with Crippen molar-refractivity contribution in [1.29, 1.82) is 0 Å². The van der Waals surface area contributed by atoms with Crippen LogP contribution in [0.1, 0.15) is 46.1 Å². The zero-order chi connectivity index (χ0) is 30.2. The first-order valence-electron chi connectivity index (χ1n) is 11.4. The predicted octanol–water partition coefficient (Wildman–Crippen LogP) is 2.72. The first-order valence-corrected chi connectivity index (χ1v) is 11.4. The van der Waals surface area contributed by atoms with Crippen molar-refractivity contribution < 1.29 is 56.5 Å². The molecule has 2 amide bonds. The number of alkyl halides is 3. The summed E-state index contributed by atoms with van der Waals surface area (Å²) in [6.07, 6.45) is -0.976. The molecule has 14 heteroatoms. The minimum Gasteiger partial charge on any atom is -0.475 e. The summed E-state index contributed by atoms with van der Waals surface area (Å²) in [6, 6.07) is 6.96. The minimum absolute atomic E-state index is 0.0675. The molecule has 0 aliphatic carbocycles. The second-order valence-corrected chi connectivity index (χ2v) is 8.73. The number of alkyl carbamates (subject to hydrolysis) is 1. The number of rotatable bonds is 10. The van der Waals surface area contributed by atoms with Crippen LogP contribution in [0.25, 0.3) is 0 Å². The number of benzene rings is 1. The van der Waals surface area contributed by atoms with E-state index in [1.54, 1.807) is 20.8 Å². The van der Waals surface area contributed by atoms with Crippen molar-refractivity contribution in [1.82, 2.24) is 10.6 Å². The first kappa shape index (κ1) is 34.7.